The first-order chi connectivity index (χ1) is 15.1. The fourth-order valence-corrected chi connectivity index (χ4v) is 3.81. The molecule has 1 aliphatic rings. The Kier molecular flexibility index (Phi) is 6.80. The molecule has 0 radical (unpaired) electrons. The Morgan fingerprint density at radius 2 is 2.13 bits per heavy atom. The van der Waals surface area contributed by atoms with Gasteiger partial charge in [0.05, 0.1) is 30.9 Å². The first-order valence-corrected chi connectivity index (χ1v) is 10.7. The van der Waals surface area contributed by atoms with Gasteiger partial charge in [-0.05, 0) is 41.2 Å². The molecular formula is C20H20ClN5O4S. The second-order valence-corrected chi connectivity index (χ2v) is 7.91. The van der Waals surface area contributed by atoms with Gasteiger partial charge in [-0.25, -0.2) is 4.98 Å². The minimum atomic E-state index is -0.306. The van der Waals surface area contributed by atoms with Crippen molar-refractivity contribution in [2.24, 2.45) is 0 Å². The second-order valence-electron chi connectivity index (χ2n) is 6.56. The highest BCUT2D eigenvalue weighted by atomic mass is 35.5. The number of benzene rings is 1. The van der Waals surface area contributed by atoms with Gasteiger partial charge in [-0.3, -0.25) is 10.1 Å². The molecule has 11 heteroatoms. The zero-order valence-corrected chi connectivity index (χ0v) is 18.3. The molecule has 1 aliphatic heterocycles. The number of hydrogen-bond donors (Lipinski definition) is 1. The lowest BCUT2D eigenvalue weighted by Crippen LogP contribution is -2.38. The van der Waals surface area contributed by atoms with Gasteiger partial charge in [-0.2, -0.15) is 0 Å². The summed E-state index contributed by atoms with van der Waals surface area (Å²) in [5.74, 6) is 0.890. The lowest BCUT2D eigenvalue weighted by Gasteiger charge is -2.28. The van der Waals surface area contributed by atoms with Crippen LogP contribution < -0.4 is 19.7 Å². The molecule has 0 spiro atoms. The molecule has 1 fully saturated rings. The molecular weight excluding hydrogens is 442 g/mol. The number of nitrogens with zero attached hydrogens (tertiary/aromatic N) is 4. The van der Waals surface area contributed by atoms with E-state index in [0.717, 1.165) is 16.9 Å². The van der Waals surface area contributed by atoms with Crippen LogP contribution in [0.2, 0.25) is 5.02 Å². The number of morpholine rings is 1. The van der Waals surface area contributed by atoms with Gasteiger partial charge in [0, 0.05) is 19.3 Å². The number of halogens is 1. The monoisotopic (exact) mass is 461 g/mol. The van der Waals surface area contributed by atoms with E-state index in [-0.39, 0.29) is 12.5 Å². The van der Waals surface area contributed by atoms with Gasteiger partial charge in [-0.15, -0.1) is 5.10 Å². The molecule has 1 aromatic carbocycles. The van der Waals surface area contributed by atoms with E-state index in [0.29, 0.717) is 58.8 Å². The molecule has 9 nitrogen and oxygen atoms in total. The highest BCUT2D eigenvalue weighted by Crippen LogP contribution is 2.28. The Morgan fingerprint density at radius 3 is 2.94 bits per heavy atom. The molecule has 1 saturated heterocycles. The predicted molar refractivity (Wildman–Crippen MR) is 117 cm³/mol. The summed E-state index contributed by atoms with van der Waals surface area (Å²) in [4.78, 5) is 19.3. The molecule has 162 valence electrons. The third-order valence-electron chi connectivity index (χ3n) is 4.55. The third kappa shape index (κ3) is 5.22. The lowest BCUT2D eigenvalue weighted by atomic mass is 10.2. The summed E-state index contributed by atoms with van der Waals surface area (Å²) in [6, 6.07) is 8.84. The zero-order valence-electron chi connectivity index (χ0n) is 16.7. The minimum absolute atomic E-state index is 0.264. The Bertz CT molecular complexity index is 1060. The van der Waals surface area contributed by atoms with E-state index in [1.165, 1.54) is 0 Å². The van der Waals surface area contributed by atoms with Crippen molar-refractivity contribution >= 4 is 39.8 Å². The number of carbonyl (C=O) groups excluding carboxylic acids is 1. The van der Waals surface area contributed by atoms with Crippen LogP contribution in [0.25, 0.3) is 0 Å². The van der Waals surface area contributed by atoms with Gasteiger partial charge in [0.25, 0.3) is 11.1 Å². The number of aromatic nitrogens is 3. The van der Waals surface area contributed by atoms with Crippen molar-refractivity contribution in [3.8, 4) is 10.9 Å². The Morgan fingerprint density at radius 1 is 1.29 bits per heavy atom. The number of nitrogens with one attached hydrogen (secondary N) is 1. The maximum atomic E-state index is 12.8. The summed E-state index contributed by atoms with van der Waals surface area (Å²) in [6.07, 6.45) is 1.67. The zero-order chi connectivity index (χ0) is 21.6. The van der Waals surface area contributed by atoms with E-state index < -0.39 is 0 Å². The second kappa shape index (κ2) is 9.90. The fraction of sp³-hybridized carbons (Fsp3) is 0.300. The number of hydrogen-bond acceptors (Lipinski definition) is 9. The first-order valence-electron chi connectivity index (χ1n) is 9.52. The summed E-state index contributed by atoms with van der Waals surface area (Å²) < 4.78 is 16.3. The molecule has 0 bridgehead atoms. The van der Waals surface area contributed by atoms with E-state index in [4.69, 9.17) is 25.8 Å². The lowest BCUT2D eigenvalue weighted by molar-refractivity contribution is 0.102. The number of ether oxygens (including phenoxy) is 3. The summed E-state index contributed by atoms with van der Waals surface area (Å²) in [5, 5.41) is 12.0. The normalized spacial score (nSPS) is 13.7. The predicted octanol–water partition coefficient (Wildman–Crippen LogP) is 3.26. The van der Waals surface area contributed by atoms with Crippen LogP contribution in [0.15, 0.2) is 36.5 Å². The number of rotatable bonds is 7. The topological polar surface area (TPSA) is 98.7 Å². The van der Waals surface area contributed by atoms with Crippen LogP contribution in [0.5, 0.6) is 10.9 Å². The number of pyridine rings is 1. The average molecular weight is 462 g/mol. The molecule has 0 unspecified atom stereocenters. The summed E-state index contributed by atoms with van der Waals surface area (Å²) in [6.45, 7) is 2.84. The maximum Gasteiger partial charge on any atom is 0.296 e. The number of carbonyl (C=O) groups is 1. The molecule has 0 aliphatic carbocycles. The first kappa shape index (κ1) is 21.3. The van der Waals surface area contributed by atoms with Crippen molar-refractivity contribution in [3.05, 3.63) is 52.7 Å². The van der Waals surface area contributed by atoms with Crippen molar-refractivity contribution < 1.29 is 19.0 Å². The van der Waals surface area contributed by atoms with Crippen molar-refractivity contribution in [2.75, 3.05) is 43.6 Å². The van der Waals surface area contributed by atoms with Crippen LogP contribution in [0.3, 0.4) is 0 Å². The summed E-state index contributed by atoms with van der Waals surface area (Å²) >= 11 is 7.18. The van der Waals surface area contributed by atoms with E-state index in [1.807, 2.05) is 11.0 Å². The van der Waals surface area contributed by atoms with E-state index >= 15 is 0 Å². The van der Waals surface area contributed by atoms with E-state index in [1.54, 1.807) is 37.6 Å². The standard InChI is InChI=1S/C20H20ClN5O4S/c1-28-16-11-13(4-5-15(16)21)12-30-20-25-24-19(31-20)23-18(27)14-3-2-6-22-17(14)26-7-9-29-10-8-26/h2-6,11H,7-10,12H2,1H3,(H,23,24,27). The molecule has 31 heavy (non-hydrogen) atoms. The highest BCUT2D eigenvalue weighted by molar-refractivity contribution is 7.17. The average Bonchev–Trinajstić information content (AvgIpc) is 3.26. The highest BCUT2D eigenvalue weighted by Gasteiger charge is 2.21. The van der Waals surface area contributed by atoms with Crippen LogP contribution in [0.1, 0.15) is 15.9 Å². The molecule has 4 rings (SSSR count). The largest absolute Gasteiger partial charge is 0.495 e. The summed E-state index contributed by atoms with van der Waals surface area (Å²) in [7, 11) is 1.55. The van der Waals surface area contributed by atoms with E-state index in [9.17, 15) is 4.79 Å². The van der Waals surface area contributed by atoms with Crippen LogP contribution >= 0.6 is 22.9 Å². The fourth-order valence-electron chi connectivity index (χ4n) is 3.02. The maximum absolute atomic E-state index is 12.8. The Hall–Kier alpha value is -2.95. The number of anilines is 2. The van der Waals surface area contributed by atoms with Crippen molar-refractivity contribution in [3.63, 3.8) is 0 Å². The van der Waals surface area contributed by atoms with Gasteiger partial charge >= 0.3 is 0 Å². The summed E-state index contributed by atoms with van der Waals surface area (Å²) in [5.41, 5.74) is 1.34. The molecule has 3 heterocycles. The molecule has 1 amide bonds. The number of amides is 1. The quantitative estimate of drug-likeness (QED) is 0.572. The van der Waals surface area contributed by atoms with Crippen LogP contribution in [-0.4, -0.2) is 54.5 Å². The van der Waals surface area contributed by atoms with Crippen LogP contribution in [0, 0.1) is 0 Å². The molecule has 3 aromatic rings. The van der Waals surface area contributed by atoms with E-state index in [2.05, 4.69) is 20.5 Å². The van der Waals surface area contributed by atoms with Gasteiger partial charge < -0.3 is 19.1 Å². The van der Waals surface area contributed by atoms with Crippen molar-refractivity contribution in [2.45, 2.75) is 6.61 Å². The SMILES string of the molecule is COc1cc(COc2nnc(NC(=O)c3cccnc3N3CCOCC3)s2)ccc1Cl. The van der Waals surface area contributed by atoms with Gasteiger partial charge in [0.1, 0.15) is 18.2 Å². The van der Waals surface area contributed by atoms with Gasteiger partial charge in [0.2, 0.25) is 5.13 Å². The van der Waals surface area contributed by atoms with Crippen LogP contribution in [-0.2, 0) is 11.3 Å². The van der Waals surface area contributed by atoms with Gasteiger partial charge in [-0.1, -0.05) is 22.8 Å². The molecule has 0 saturated carbocycles. The molecule has 2 aromatic heterocycles. The minimum Gasteiger partial charge on any atom is -0.495 e. The van der Waals surface area contributed by atoms with Crippen molar-refractivity contribution in [1.82, 2.24) is 15.2 Å². The van der Waals surface area contributed by atoms with Gasteiger partial charge in [0.15, 0.2) is 0 Å². The molecule has 0 atom stereocenters. The Labute approximate surface area is 187 Å². The third-order valence-corrected chi connectivity index (χ3v) is 5.61. The number of methoxy groups -OCH3 is 1. The van der Waals surface area contributed by atoms with Crippen LogP contribution in [0.4, 0.5) is 10.9 Å². The Balaban J connectivity index is 1.39. The molecule has 1 N–H and O–H groups in total. The smallest absolute Gasteiger partial charge is 0.296 e. The van der Waals surface area contributed by atoms with Crippen molar-refractivity contribution in [1.29, 1.82) is 0 Å².